The Morgan fingerprint density at radius 2 is 2.29 bits per heavy atom. The molecule has 1 aliphatic rings. The minimum Gasteiger partial charge on any atom is -0.464 e. The number of thioether (sulfide) groups is 1. The highest BCUT2D eigenvalue weighted by molar-refractivity contribution is 7.98. The molecule has 0 saturated carbocycles. The molecule has 2 aromatic heterocycles. The van der Waals surface area contributed by atoms with E-state index in [-0.39, 0.29) is 6.04 Å². The largest absolute Gasteiger partial charge is 0.464 e. The molecule has 0 spiro atoms. The molecule has 1 atom stereocenters. The van der Waals surface area contributed by atoms with Crippen molar-refractivity contribution in [3.63, 3.8) is 0 Å². The van der Waals surface area contributed by atoms with Crippen molar-refractivity contribution in [3.05, 3.63) is 45.0 Å². The van der Waals surface area contributed by atoms with Gasteiger partial charge in [-0.3, -0.25) is 0 Å². The van der Waals surface area contributed by atoms with E-state index in [1.54, 1.807) is 0 Å². The topological polar surface area (TPSA) is 39.2 Å². The van der Waals surface area contributed by atoms with Gasteiger partial charge in [-0.05, 0) is 42.9 Å². The van der Waals surface area contributed by atoms with Crippen LogP contribution < -0.4 is 5.73 Å². The first-order valence-electron chi connectivity index (χ1n) is 5.75. The van der Waals surface area contributed by atoms with Gasteiger partial charge in [0.15, 0.2) is 0 Å². The molecular weight excluding hydrogens is 250 g/mol. The van der Waals surface area contributed by atoms with Crippen molar-refractivity contribution in [2.75, 3.05) is 5.75 Å². The lowest BCUT2D eigenvalue weighted by atomic mass is 10.1. The summed E-state index contributed by atoms with van der Waals surface area (Å²) in [4.78, 5) is 2.74. The van der Waals surface area contributed by atoms with Crippen LogP contribution in [-0.2, 0) is 12.2 Å². The summed E-state index contributed by atoms with van der Waals surface area (Å²) in [7, 11) is 0. The molecule has 1 aliphatic heterocycles. The third-order valence-corrected chi connectivity index (χ3v) is 5.35. The average molecular weight is 265 g/mol. The second-order valence-corrected chi connectivity index (χ2v) is 6.60. The Morgan fingerprint density at radius 3 is 3.00 bits per heavy atom. The summed E-state index contributed by atoms with van der Waals surface area (Å²) >= 11 is 3.85. The second kappa shape index (κ2) is 4.52. The summed E-state index contributed by atoms with van der Waals surface area (Å²) in [5.74, 6) is 4.17. The van der Waals surface area contributed by atoms with Crippen molar-refractivity contribution < 1.29 is 4.42 Å². The number of hydrogen-bond acceptors (Lipinski definition) is 4. The average Bonchev–Trinajstić information content (AvgIpc) is 2.93. The van der Waals surface area contributed by atoms with E-state index in [4.69, 9.17) is 10.2 Å². The lowest BCUT2D eigenvalue weighted by Gasteiger charge is -2.08. The van der Waals surface area contributed by atoms with Crippen LogP contribution in [0.2, 0.25) is 0 Å². The maximum Gasteiger partial charge on any atom is 0.126 e. The Morgan fingerprint density at radius 1 is 1.41 bits per heavy atom. The normalized spacial score (nSPS) is 16.8. The van der Waals surface area contributed by atoms with Crippen molar-refractivity contribution >= 4 is 23.1 Å². The van der Waals surface area contributed by atoms with E-state index in [1.807, 2.05) is 42.2 Å². The van der Waals surface area contributed by atoms with Crippen LogP contribution in [0.15, 0.2) is 22.6 Å². The van der Waals surface area contributed by atoms with E-state index < -0.39 is 0 Å². The summed E-state index contributed by atoms with van der Waals surface area (Å²) in [5.41, 5.74) is 7.72. The van der Waals surface area contributed by atoms with Gasteiger partial charge in [-0.15, -0.1) is 11.3 Å². The summed E-state index contributed by atoms with van der Waals surface area (Å²) in [6, 6.07) is 6.10. The van der Waals surface area contributed by atoms with Gasteiger partial charge >= 0.3 is 0 Å². The first kappa shape index (κ1) is 11.4. The lowest BCUT2D eigenvalue weighted by molar-refractivity contribution is 0.468. The van der Waals surface area contributed by atoms with Crippen LogP contribution in [0.1, 0.15) is 32.9 Å². The molecule has 90 valence electrons. The highest BCUT2D eigenvalue weighted by Crippen LogP contribution is 2.35. The predicted octanol–water partition coefficient (Wildman–Crippen LogP) is 3.49. The molecular formula is C13H15NOS2. The molecule has 0 radical (unpaired) electrons. The molecule has 0 fully saturated rings. The van der Waals surface area contributed by atoms with Crippen molar-refractivity contribution in [3.8, 4) is 0 Å². The van der Waals surface area contributed by atoms with Crippen molar-refractivity contribution in [1.82, 2.24) is 0 Å². The minimum absolute atomic E-state index is 0.107. The summed E-state index contributed by atoms with van der Waals surface area (Å²) in [6.07, 6.45) is 1.19. The van der Waals surface area contributed by atoms with Crippen LogP contribution in [0.3, 0.4) is 0 Å². The zero-order valence-electron chi connectivity index (χ0n) is 9.73. The smallest absolute Gasteiger partial charge is 0.126 e. The second-order valence-electron chi connectivity index (χ2n) is 4.33. The molecule has 2 nitrogen and oxygen atoms in total. The fourth-order valence-electron chi connectivity index (χ4n) is 2.08. The molecule has 2 aromatic rings. The van der Waals surface area contributed by atoms with E-state index in [0.717, 1.165) is 17.3 Å². The molecule has 4 heteroatoms. The Kier molecular flexibility index (Phi) is 3.03. The summed E-state index contributed by atoms with van der Waals surface area (Å²) in [6.45, 7) is 1.95. The Balaban J connectivity index is 1.91. The van der Waals surface area contributed by atoms with Crippen LogP contribution in [0, 0.1) is 6.92 Å². The van der Waals surface area contributed by atoms with Crippen LogP contribution in [-0.4, -0.2) is 5.75 Å². The van der Waals surface area contributed by atoms with Gasteiger partial charge in [0, 0.05) is 15.5 Å². The van der Waals surface area contributed by atoms with Gasteiger partial charge in [-0.2, -0.15) is 11.8 Å². The van der Waals surface area contributed by atoms with E-state index in [1.165, 1.54) is 27.5 Å². The Hall–Kier alpha value is -0.710. The highest BCUT2D eigenvalue weighted by Gasteiger charge is 2.19. The number of furan rings is 1. The van der Waals surface area contributed by atoms with Crippen LogP contribution in [0.4, 0.5) is 0 Å². The molecule has 0 saturated heterocycles. The molecule has 0 amide bonds. The number of rotatable bonds is 2. The third-order valence-electron chi connectivity index (χ3n) is 3.02. The molecule has 3 rings (SSSR count). The Bertz CT molecular complexity index is 506. The molecule has 1 unspecified atom stereocenters. The van der Waals surface area contributed by atoms with Gasteiger partial charge in [-0.1, -0.05) is 0 Å². The third kappa shape index (κ3) is 2.17. The van der Waals surface area contributed by atoms with Gasteiger partial charge in [0.05, 0.1) is 6.04 Å². The van der Waals surface area contributed by atoms with Crippen molar-refractivity contribution in [2.45, 2.75) is 25.1 Å². The van der Waals surface area contributed by atoms with Gasteiger partial charge in [0.1, 0.15) is 11.5 Å². The lowest BCUT2D eigenvalue weighted by Crippen LogP contribution is -2.08. The maximum atomic E-state index is 6.25. The number of nitrogens with two attached hydrogens (primary N) is 1. The Labute approximate surface area is 109 Å². The fourth-order valence-corrected chi connectivity index (χ4v) is 4.47. The first-order valence-corrected chi connectivity index (χ1v) is 7.72. The zero-order chi connectivity index (χ0) is 11.8. The predicted molar refractivity (Wildman–Crippen MR) is 73.7 cm³/mol. The van der Waals surface area contributed by atoms with E-state index in [0.29, 0.717) is 0 Å². The molecule has 17 heavy (non-hydrogen) atoms. The van der Waals surface area contributed by atoms with Gasteiger partial charge < -0.3 is 10.2 Å². The van der Waals surface area contributed by atoms with Gasteiger partial charge in [0.2, 0.25) is 0 Å². The SMILES string of the molecule is Cc1ccc(C(N)c2cc3c(s2)CCSC3)o1. The van der Waals surface area contributed by atoms with Crippen LogP contribution >= 0.6 is 23.1 Å². The van der Waals surface area contributed by atoms with Crippen LogP contribution in [0.5, 0.6) is 0 Å². The van der Waals surface area contributed by atoms with Crippen molar-refractivity contribution in [2.24, 2.45) is 5.73 Å². The molecule has 3 heterocycles. The minimum atomic E-state index is -0.107. The molecule has 0 bridgehead atoms. The molecule has 0 aromatic carbocycles. The molecule has 2 N–H and O–H groups in total. The van der Waals surface area contributed by atoms with Crippen LogP contribution in [0.25, 0.3) is 0 Å². The van der Waals surface area contributed by atoms with Gasteiger partial charge in [0.25, 0.3) is 0 Å². The quantitative estimate of drug-likeness (QED) is 0.903. The van der Waals surface area contributed by atoms with Crippen molar-refractivity contribution in [1.29, 1.82) is 0 Å². The maximum absolute atomic E-state index is 6.25. The highest BCUT2D eigenvalue weighted by atomic mass is 32.2. The molecule has 0 aliphatic carbocycles. The number of fused-ring (bicyclic) bond motifs is 1. The van der Waals surface area contributed by atoms with E-state index in [2.05, 4.69) is 6.07 Å². The standard InChI is InChI=1S/C13H15NOS2/c1-8-2-3-10(15-8)13(14)12-6-9-7-16-5-4-11(9)17-12/h2-3,6,13H,4-5,7,14H2,1H3. The fraction of sp³-hybridized carbons (Fsp3) is 0.385. The summed E-state index contributed by atoms with van der Waals surface area (Å²) < 4.78 is 5.61. The van der Waals surface area contributed by atoms with Gasteiger partial charge in [-0.25, -0.2) is 0 Å². The van der Waals surface area contributed by atoms with E-state index >= 15 is 0 Å². The number of aryl methyl sites for hydroxylation is 2. The van der Waals surface area contributed by atoms with E-state index in [9.17, 15) is 0 Å². The first-order chi connectivity index (χ1) is 8.24. The number of hydrogen-bond donors (Lipinski definition) is 1. The monoisotopic (exact) mass is 265 g/mol. The summed E-state index contributed by atoms with van der Waals surface area (Å²) in [5, 5.41) is 0. The number of thiophene rings is 1. The zero-order valence-corrected chi connectivity index (χ0v) is 11.4.